The van der Waals surface area contributed by atoms with Crippen LogP contribution in [0.1, 0.15) is 42.7 Å². The number of carbonyl (C=O) groups is 1. The lowest BCUT2D eigenvalue weighted by atomic mass is 10.2. The standard InChI is InChI=1S/C21H23N7O.H2/c1-14-6-7-24-17(8-14)10-25-21(29)19(27-22)11-23-9-18-13-28-12-16(15-2-3-15)4-5-20(28)26-18;/h4-8,11-13,15H,2-3,9-10,22H2,1H3,(H,25,29);1H/b23-11?,27-19+;. The maximum Gasteiger partial charge on any atom is 0.273 e. The van der Waals surface area contributed by atoms with E-state index in [1.165, 1.54) is 24.6 Å². The van der Waals surface area contributed by atoms with Gasteiger partial charge in [-0.3, -0.25) is 14.8 Å². The smallest absolute Gasteiger partial charge is 0.273 e. The Balaban J connectivity index is 0.00000256. The molecule has 3 aromatic rings. The molecule has 1 saturated carbocycles. The van der Waals surface area contributed by atoms with Crippen molar-refractivity contribution in [1.29, 1.82) is 0 Å². The summed E-state index contributed by atoms with van der Waals surface area (Å²) in [7, 11) is 0. The second kappa shape index (κ2) is 8.22. The average molecular weight is 391 g/mol. The van der Waals surface area contributed by atoms with Crippen molar-refractivity contribution in [2.24, 2.45) is 15.9 Å². The highest BCUT2D eigenvalue weighted by Crippen LogP contribution is 2.39. The lowest BCUT2D eigenvalue weighted by molar-refractivity contribution is -0.114. The van der Waals surface area contributed by atoms with Gasteiger partial charge in [0.1, 0.15) is 5.65 Å². The number of pyridine rings is 2. The molecule has 150 valence electrons. The normalized spacial score (nSPS) is 14.6. The van der Waals surface area contributed by atoms with Gasteiger partial charge in [-0.25, -0.2) is 4.98 Å². The summed E-state index contributed by atoms with van der Waals surface area (Å²) in [6.45, 7) is 2.60. The highest BCUT2D eigenvalue weighted by Gasteiger charge is 2.23. The highest BCUT2D eigenvalue weighted by molar-refractivity contribution is 6.60. The number of nitrogens with two attached hydrogens (primary N) is 1. The van der Waals surface area contributed by atoms with E-state index < -0.39 is 5.91 Å². The molecule has 0 aromatic carbocycles. The molecule has 8 nitrogen and oxygen atoms in total. The van der Waals surface area contributed by atoms with Gasteiger partial charge < -0.3 is 15.6 Å². The predicted octanol–water partition coefficient (Wildman–Crippen LogP) is 2.36. The number of aryl methyl sites for hydroxylation is 1. The number of imidazole rings is 1. The monoisotopic (exact) mass is 391 g/mol. The van der Waals surface area contributed by atoms with E-state index in [9.17, 15) is 4.79 Å². The third kappa shape index (κ3) is 4.66. The lowest BCUT2D eigenvalue weighted by Crippen LogP contribution is -2.32. The van der Waals surface area contributed by atoms with Gasteiger partial charge in [-0.15, -0.1) is 0 Å². The zero-order valence-electron chi connectivity index (χ0n) is 16.2. The van der Waals surface area contributed by atoms with Gasteiger partial charge in [-0.1, -0.05) is 6.07 Å². The van der Waals surface area contributed by atoms with Crippen molar-refractivity contribution in [2.45, 2.75) is 38.8 Å². The molecule has 0 spiro atoms. The summed E-state index contributed by atoms with van der Waals surface area (Å²) in [5, 5.41) is 6.29. The van der Waals surface area contributed by atoms with E-state index in [2.05, 4.69) is 37.6 Å². The van der Waals surface area contributed by atoms with E-state index in [4.69, 9.17) is 5.84 Å². The van der Waals surface area contributed by atoms with Crippen LogP contribution < -0.4 is 11.2 Å². The maximum atomic E-state index is 12.3. The Bertz CT molecular complexity index is 1100. The van der Waals surface area contributed by atoms with Gasteiger partial charge in [0, 0.05) is 20.0 Å². The van der Waals surface area contributed by atoms with E-state index in [1.54, 1.807) is 6.20 Å². The SMILES string of the molecule is Cc1ccnc(CNC(=O)/C(C=NCc2cn3cc(C4CC4)ccc3n2)=N/N)c1.[HH]. The minimum absolute atomic E-state index is 0. The minimum atomic E-state index is -0.399. The molecule has 0 radical (unpaired) electrons. The number of hydrogen-bond donors (Lipinski definition) is 2. The predicted molar refractivity (Wildman–Crippen MR) is 114 cm³/mol. The number of carbonyl (C=O) groups excluding carboxylic acids is 1. The third-order valence-corrected chi connectivity index (χ3v) is 4.81. The van der Waals surface area contributed by atoms with Crippen LogP contribution in [0.5, 0.6) is 0 Å². The molecule has 1 aliphatic rings. The fourth-order valence-corrected chi connectivity index (χ4v) is 3.13. The molecular weight excluding hydrogens is 366 g/mol. The van der Waals surface area contributed by atoms with Crippen LogP contribution in [0, 0.1) is 6.92 Å². The summed E-state index contributed by atoms with van der Waals surface area (Å²) in [6, 6.07) is 7.97. The number of fused-ring (bicyclic) bond motifs is 1. The molecule has 4 rings (SSSR count). The molecule has 0 unspecified atom stereocenters. The number of aromatic nitrogens is 3. The summed E-state index contributed by atoms with van der Waals surface area (Å²) < 4.78 is 2.03. The van der Waals surface area contributed by atoms with Crippen molar-refractivity contribution < 1.29 is 6.22 Å². The van der Waals surface area contributed by atoms with Crippen LogP contribution >= 0.6 is 0 Å². The van der Waals surface area contributed by atoms with Crippen molar-refractivity contribution in [2.75, 3.05) is 0 Å². The molecular formula is C21H25N7O. The second-order valence-electron chi connectivity index (χ2n) is 7.23. The largest absolute Gasteiger partial charge is 0.345 e. The maximum absolute atomic E-state index is 12.3. The second-order valence-corrected chi connectivity index (χ2v) is 7.23. The molecule has 0 saturated heterocycles. The first kappa shape index (κ1) is 18.8. The Morgan fingerprint density at radius 3 is 2.97 bits per heavy atom. The van der Waals surface area contributed by atoms with Crippen LogP contribution in [-0.4, -0.2) is 32.2 Å². The van der Waals surface area contributed by atoms with Gasteiger partial charge in [-0.2, -0.15) is 5.10 Å². The number of nitrogens with zero attached hydrogens (tertiary/aromatic N) is 5. The van der Waals surface area contributed by atoms with Gasteiger partial charge in [-0.05, 0) is 55.0 Å². The number of hydrogen-bond acceptors (Lipinski definition) is 6. The van der Waals surface area contributed by atoms with Crippen LogP contribution in [0.15, 0.2) is 52.9 Å². The first-order valence-electron chi connectivity index (χ1n) is 9.57. The molecule has 3 aromatic heterocycles. The van der Waals surface area contributed by atoms with E-state index in [-0.39, 0.29) is 7.14 Å². The molecule has 0 aliphatic heterocycles. The van der Waals surface area contributed by atoms with Crippen LogP contribution in [0.25, 0.3) is 5.65 Å². The zero-order valence-corrected chi connectivity index (χ0v) is 16.2. The third-order valence-electron chi connectivity index (χ3n) is 4.81. The summed E-state index contributed by atoms with van der Waals surface area (Å²) in [5.41, 5.74) is 4.95. The summed E-state index contributed by atoms with van der Waals surface area (Å²) in [6.07, 6.45) is 9.70. The Morgan fingerprint density at radius 2 is 2.21 bits per heavy atom. The molecule has 0 bridgehead atoms. The zero-order chi connectivity index (χ0) is 20.2. The van der Waals surface area contributed by atoms with Gasteiger partial charge in [0.05, 0.1) is 30.7 Å². The molecule has 3 heterocycles. The van der Waals surface area contributed by atoms with E-state index in [0.717, 1.165) is 22.6 Å². The summed E-state index contributed by atoms with van der Waals surface area (Å²) in [4.78, 5) is 25.3. The van der Waals surface area contributed by atoms with Crippen molar-refractivity contribution >= 4 is 23.5 Å². The number of aliphatic imine (C=N–C) groups is 1. The molecule has 1 amide bonds. The first-order chi connectivity index (χ1) is 14.1. The molecule has 0 atom stereocenters. The lowest BCUT2D eigenvalue weighted by Gasteiger charge is -2.04. The minimum Gasteiger partial charge on any atom is -0.345 e. The first-order valence-corrected chi connectivity index (χ1v) is 9.57. The number of hydrazone groups is 1. The van der Waals surface area contributed by atoms with Crippen molar-refractivity contribution in [3.8, 4) is 0 Å². The fourth-order valence-electron chi connectivity index (χ4n) is 3.13. The summed E-state index contributed by atoms with van der Waals surface area (Å²) in [5.74, 6) is 5.65. The quantitative estimate of drug-likeness (QED) is 0.366. The molecule has 8 heteroatoms. The van der Waals surface area contributed by atoms with Crippen LogP contribution in [0.2, 0.25) is 0 Å². The number of rotatable bonds is 7. The topological polar surface area (TPSA) is 110 Å². The Hall–Kier alpha value is -3.55. The Kier molecular flexibility index (Phi) is 5.33. The van der Waals surface area contributed by atoms with Crippen LogP contribution in [0.4, 0.5) is 0 Å². The van der Waals surface area contributed by atoms with Crippen molar-refractivity contribution in [3.63, 3.8) is 0 Å². The number of nitrogens with one attached hydrogen (secondary N) is 1. The van der Waals surface area contributed by atoms with E-state index in [1.807, 2.05) is 35.7 Å². The van der Waals surface area contributed by atoms with Crippen LogP contribution in [-0.2, 0) is 17.9 Å². The van der Waals surface area contributed by atoms with Crippen molar-refractivity contribution in [1.82, 2.24) is 19.7 Å². The van der Waals surface area contributed by atoms with E-state index >= 15 is 0 Å². The van der Waals surface area contributed by atoms with Gasteiger partial charge >= 0.3 is 0 Å². The van der Waals surface area contributed by atoms with Gasteiger partial charge in [0.2, 0.25) is 0 Å². The van der Waals surface area contributed by atoms with Crippen molar-refractivity contribution in [3.05, 3.63) is 65.4 Å². The summed E-state index contributed by atoms with van der Waals surface area (Å²) >= 11 is 0. The fraction of sp³-hybridized carbons (Fsp3) is 0.286. The average Bonchev–Trinajstić information content (AvgIpc) is 3.49. The molecule has 1 aliphatic carbocycles. The van der Waals surface area contributed by atoms with Crippen LogP contribution in [0.3, 0.4) is 0 Å². The molecule has 1 fully saturated rings. The molecule has 3 N–H and O–H groups in total. The number of amides is 1. The Morgan fingerprint density at radius 1 is 1.34 bits per heavy atom. The Labute approximate surface area is 170 Å². The highest BCUT2D eigenvalue weighted by atomic mass is 16.1. The van der Waals surface area contributed by atoms with E-state index in [0.29, 0.717) is 19.0 Å². The van der Waals surface area contributed by atoms with Gasteiger partial charge in [0.15, 0.2) is 5.71 Å². The molecule has 29 heavy (non-hydrogen) atoms. The van der Waals surface area contributed by atoms with Gasteiger partial charge in [0.25, 0.3) is 5.91 Å².